The minimum absolute atomic E-state index is 0.0346. The van der Waals surface area contributed by atoms with E-state index in [0.29, 0.717) is 24.4 Å². The highest BCUT2D eigenvalue weighted by molar-refractivity contribution is 6.20. The van der Waals surface area contributed by atoms with E-state index in [2.05, 4.69) is 5.32 Å². The van der Waals surface area contributed by atoms with Gasteiger partial charge in [0.15, 0.2) is 5.41 Å². The summed E-state index contributed by atoms with van der Waals surface area (Å²) in [6, 6.07) is 3.23. The lowest BCUT2D eigenvalue weighted by atomic mass is 9.68. The summed E-state index contributed by atoms with van der Waals surface area (Å²) in [5.41, 5.74) is -0.500. The number of hydrogen-bond acceptors (Lipinski definition) is 5. The van der Waals surface area contributed by atoms with Crippen LogP contribution in [0.1, 0.15) is 5.56 Å². The molecule has 0 saturated carbocycles. The molecule has 4 amide bonds. The number of carbonyl (C=O) groups is 3. The van der Waals surface area contributed by atoms with Crippen LogP contribution < -0.4 is 10.2 Å². The summed E-state index contributed by atoms with van der Waals surface area (Å²) in [6.45, 7) is 0.873. The van der Waals surface area contributed by atoms with Gasteiger partial charge in [-0.2, -0.15) is 0 Å². The molecule has 0 radical (unpaired) electrons. The molecule has 0 aromatic heterocycles. The van der Waals surface area contributed by atoms with Gasteiger partial charge >= 0.3 is 6.03 Å². The number of barbiturate groups is 1. The van der Waals surface area contributed by atoms with Crippen molar-refractivity contribution in [3.8, 4) is 0 Å². The maximum absolute atomic E-state index is 14.4. The van der Waals surface area contributed by atoms with Gasteiger partial charge in [-0.05, 0) is 11.6 Å². The van der Waals surface area contributed by atoms with E-state index in [0.717, 1.165) is 4.90 Å². The molecule has 1 aromatic carbocycles. The predicted octanol–water partition coefficient (Wildman–Crippen LogP) is 0.282. The number of carbonyl (C=O) groups excluding carboxylic acids is 3. The van der Waals surface area contributed by atoms with Gasteiger partial charge in [-0.25, -0.2) is 9.18 Å². The predicted molar refractivity (Wildman–Crippen MR) is 80.8 cm³/mol. The number of hydrogen-bond donors (Lipinski definition) is 1. The molecule has 0 unspecified atom stereocenters. The van der Waals surface area contributed by atoms with Gasteiger partial charge in [0.05, 0.1) is 24.9 Å². The van der Waals surface area contributed by atoms with Gasteiger partial charge in [-0.1, -0.05) is 12.1 Å². The van der Waals surface area contributed by atoms with Crippen molar-refractivity contribution in [1.82, 2.24) is 10.2 Å². The standard InChI is InChI=1S/C16H16FN3O4/c1-19-14(22)16(13(21)18-15(19)23)7-9-3-2-4-10(17)12(9)20-5-6-24-8-11(16)20/h2-4,11H,5-8H2,1H3,(H,18,21,23)/t11-,16+/m0/s1. The lowest BCUT2D eigenvalue weighted by Gasteiger charge is -2.52. The van der Waals surface area contributed by atoms with E-state index in [1.54, 1.807) is 17.0 Å². The first-order valence-corrected chi connectivity index (χ1v) is 7.72. The largest absolute Gasteiger partial charge is 0.377 e. The topological polar surface area (TPSA) is 79.0 Å². The highest BCUT2D eigenvalue weighted by Gasteiger charge is 2.62. The summed E-state index contributed by atoms with van der Waals surface area (Å²) in [7, 11) is 1.33. The average molecular weight is 333 g/mol. The molecule has 1 aromatic rings. The smallest absolute Gasteiger partial charge is 0.330 e. The average Bonchev–Trinajstić information content (AvgIpc) is 2.58. The number of para-hydroxylation sites is 1. The van der Waals surface area contributed by atoms with Crippen LogP contribution in [0.4, 0.5) is 14.9 Å². The molecule has 3 heterocycles. The normalized spacial score (nSPS) is 29.4. The van der Waals surface area contributed by atoms with E-state index in [9.17, 15) is 18.8 Å². The molecule has 126 valence electrons. The number of amides is 4. The summed E-state index contributed by atoms with van der Waals surface area (Å²) in [4.78, 5) is 40.1. The number of benzene rings is 1. The van der Waals surface area contributed by atoms with Gasteiger partial charge in [0.2, 0.25) is 11.8 Å². The van der Waals surface area contributed by atoms with E-state index in [1.807, 2.05) is 0 Å². The highest BCUT2D eigenvalue weighted by Crippen LogP contribution is 2.45. The summed E-state index contributed by atoms with van der Waals surface area (Å²) < 4.78 is 19.9. The van der Waals surface area contributed by atoms with E-state index in [-0.39, 0.29) is 18.8 Å². The fourth-order valence-electron chi connectivity index (χ4n) is 3.95. The van der Waals surface area contributed by atoms with Crippen LogP contribution in [-0.4, -0.2) is 55.6 Å². The first-order valence-electron chi connectivity index (χ1n) is 7.72. The minimum Gasteiger partial charge on any atom is -0.377 e. The Morgan fingerprint density at radius 3 is 2.92 bits per heavy atom. The first-order chi connectivity index (χ1) is 11.5. The van der Waals surface area contributed by atoms with Gasteiger partial charge in [-0.3, -0.25) is 19.8 Å². The number of nitrogens with one attached hydrogen (secondary N) is 1. The van der Waals surface area contributed by atoms with Gasteiger partial charge in [0.1, 0.15) is 5.82 Å². The fourth-order valence-corrected chi connectivity index (χ4v) is 3.95. The third kappa shape index (κ3) is 1.77. The van der Waals surface area contributed by atoms with E-state index >= 15 is 0 Å². The van der Waals surface area contributed by atoms with Crippen molar-refractivity contribution >= 4 is 23.5 Å². The van der Waals surface area contributed by atoms with Crippen LogP contribution in [0.5, 0.6) is 0 Å². The van der Waals surface area contributed by atoms with Gasteiger partial charge in [0, 0.05) is 20.0 Å². The molecule has 0 bridgehead atoms. The molecule has 1 N–H and O–H groups in total. The Morgan fingerprint density at radius 2 is 2.12 bits per heavy atom. The van der Waals surface area contributed by atoms with E-state index in [1.165, 1.54) is 13.1 Å². The minimum atomic E-state index is -1.50. The maximum atomic E-state index is 14.4. The summed E-state index contributed by atoms with van der Waals surface area (Å²) in [6.07, 6.45) is 0.0346. The number of ether oxygens (including phenoxy) is 1. The molecular formula is C16H16FN3O4. The number of rotatable bonds is 0. The van der Waals surface area contributed by atoms with Gasteiger partial charge in [-0.15, -0.1) is 0 Å². The molecule has 2 fully saturated rings. The zero-order chi connectivity index (χ0) is 17.1. The first kappa shape index (κ1) is 15.1. The summed E-state index contributed by atoms with van der Waals surface area (Å²) >= 11 is 0. The van der Waals surface area contributed by atoms with Crippen molar-refractivity contribution in [3.05, 3.63) is 29.6 Å². The number of fused-ring (bicyclic) bond motifs is 4. The fraction of sp³-hybridized carbons (Fsp3) is 0.438. The summed E-state index contributed by atoms with van der Waals surface area (Å²) in [5, 5.41) is 2.25. The Hall–Kier alpha value is -2.48. The number of nitrogens with zero attached hydrogens (tertiary/aromatic N) is 2. The number of imide groups is 2. The Kier molecular flexibility index (Phi) is 3.14. The number of urea groups is 1. The van der Waals surface area contributed by atoms with Crippen LogP contribution in [0.25, 0.3) is 0 Å². The van der Waals surface area contributed by atoms with E-state index in [4.69, 9.17) is 4.74 Å². The van der Waals surface area contributed by atoms with Gasteiger partial charge in [0.25, 0.3) is 0 Å². The molecule has 8 heteroatoms. The maximum Gasteiger partial charge on any atom is 0.330 e. The van der Waals surface area contributed by atoms with Crippen LogP contribution >= 0.6 is 0 Å². The Labute approximate surface area is 137 Å². The third-order valence-corrected chi connectivity index (χ3v) is 5.14. The molecule has 0 aliphatic carbocycles. The second kappa shape index (κ2) is 5.01. The Balaban J connectivity index is 1.92. The number of morpholine rings is 1. The SMILES string of the molecule is CN1C(=O)NC(=O)[C@]2(Cc3cccc(F)c3N3CCOC[C@H]32)C1=O. The van der Waals surface area contributed by atoms with Crippen LogP contribution in [0.15, 0.2) is 18.2 Å². The quantitative estimate of drug-likeness (QED) is 0.690. The van der Waals surface area contributed by atoms with Crippen molar-refractivity contribution in [1.29, 1.82) is 0 Å². The van der Waals surface area contributed by atoms with Crippen molar-refractivity contribution in [2.75, 3.05) is 31.7 Å². The third-order valence-electron chi connectivity index (χ3n) is 5.14. The lowest BCUT2D eigenvalue weighted by Crippen LogP contribution is -2.73. The van der Waals surface area contributed by atoms with Crippen molar-refractivity contribution < 1.29 is 23.5 Å². The molecule has 7 nitrogen and oxygen atoms in total. The van der Waals surface area contributed by atoms with Crippen LogP contribution in [-0.2, 0) is 20.7 Å². The van der Waals surface area contributed by atoms with Crippen molar-refractivity contribution in [2.45, 2.75) is 12.5 Å². The monoisotopic (exact) mass is 333 g/mol. The van der Waals surface area contributed by atoms with Crippen molar-refractivity contribution in [3.63, 3.8) is 0 Å². The number of anilines is 1. The van der Waals surface area contributed by atoms with Gasteiger partial charge < -0.3 is 9.64 Å². The van der Waals surface area contributed by atoms with Crippen LogP contribution in [0.2, 0.25) is 0 Å². The molecule has 3 aliphatic heterocycles. The molecule has 1 spiro atoms. The molecule has 2 saturated heterocycles. The second-order valence-electron chi connectivity index (χ2n) is 6.30. The highest BCUT2D eigenvalue weighted by atomic mass is 19.1. The molecule has 3 aliphatic rings. The summed E-state index contributed by atoms with van der Waals surface area (Å²) in [5.74, 6) is -1.61. The van der Waals surface area contributed by atoms with Crippen LogP contribution in [0.3, 0.4) is 0 Å². The molecule has 4 rings (SSSR count). The molecule has 24 heavy (non-hydrogen) atoms. The Morgan fingerprint density at radius 1 is 1.33 bits per heavy atom. The number of halogens is 1. The zero-order valence-corrected chi connectivity index (χ0v) is 13.0. The zero-order valence-electron chi connectivity index (χ0n) is 13.0. The lowest BCUT2D eigenvalue weighted by molar-refractivity contribution is -0.155. The van der Waals surface area contributed by atoms with E-state index < -0.39 is 29.3 Å². The Bertz CT molecular complexity index is 768. The molecular weight excluding hydrogens is 317 g/mol. The van der Waals surface area contributed by atoms with Crippen LogP contribution in [0, 0.1) is 11.2 Å². The molecule has 2 atom stereocenters. The van der Waals surface area contributed by atoms with Crippen molar-refractivity contribution in [2.24, 2.45) is 5.41 Å². The second-order valence-corrected chi connectivity index (χ2v) is 6.30.